The highest BCUT2D eigenvalue weighted by atomic mass is 16.5. The highest BCUT2D eigenvalue weighted by molar-refractivity contribution is 6.05. The first kappa shape index (κ1) is 21.4. The molecule has 0 atom stereocenters. The topological polar surface area (TPSA) is 50.1 Å². The molecule has 0 amide bonds. The molecule has 0 bridgehead atoms. The first-order valence-corrected chi connectivity index (χ1v) is 10.2. The SMILES string of the molecule is CCCCCCCCCOC(=O)C(C#N)=C(c1ccccc1)c1ccccc1. The van der Waals surface area contributed by atoms with Crippen molar-refractivity contribution in [3.63, 3.8) is 0 Å². The molecule has 28 heavy (non-hydrogen) atoms. The lowest BCUT2D eigenvalue weighted by Crippen LogP contribution is -2.11. The Hall–Kier alpha value is -2.86. The van der Waals surface area contributed by atoms with E-state index in [1.165, 1.54) is 25.7 Å². The average Bonchev–Trinajstić information content (AvgIpc) is 2.75. The first-order valence-electron chi connectivity index (χ1n) is 10.2. The van der Waals surface area contributed by atoms with E-state index in [4.69, 9.17) is 4.74 Å². The Kier molecular flexibility index (Phi) is 9.58. The molecular weight excluding hydrogens is 346 g/mol. The third-order valence-corrected chi connectivity index (χ3v) is 4.67. The van der Waals surface area contributed by atoms with Gasteiger partial charge in [0.05, 0.1) is 6.61 Å². The Morgan fingerprint density at radius 3 is 1.82 bits per heavy atom. The summed E-state index contributed by atoms with van der Waals surface area (Å²) in [6.07, 6.45) is 8.08. The molecule has 0 aromatic heterocycles. The number of carbonyl (C=O) groups is 1. The number of benzene rings is 2. The average molecular weight is 376 g/mol. The van der Waals surface area contributed by atoms with E-state index in [0.717, 1.165) is 30.4 Å². The van der Waals surface area contributed by atoms with Crippen molar-refractivity contribution in [2.24, 2.45) is 0 Å². The Morgan fingerprint density at radius 1 is 0.821 bits per heavy atom. The molecule has 0 unspecified atom stereocenters. The number of esters is 1. The first-order chi connectivity index (χ1) is 13.8. The molecule has 146 valence electrons. The van der Waals surface area contributed by atoms with E-state index in [9.17, 15) is 10.1 Å². The molecule has 0 spiro atoms. The molecule has 0 aliphatic rings. The zero-order valence-corrected chi connectivity index (χ0v) is 16.7. The van der Waals surface area contributed by atoms with Crippen LogP contribution in [0, 0.1) is 11.3 Å². The molecule has 0 fully saturated rings. The maximum atomic E-state index is 12.6. The van der Waals surface area contributed by atoms with E-state index in [2.05, 4.69) is 13.0 Å². The number of nitrogens with zero attached hydrogens (tertiary/aromatic N) is 1. The zero-order valence-electron chi connectivity index (χ0n) is 16.7. The second-order valence-corrected chi connectivity index (χ2v) is 6.85. The van der Waals surface area contributed by atoms with Crippen molar-refractivity contribution < 1.29 is 9.53 Å². The van der Waals surface area contributed by atoms with Crippen molar-refractivity contribution in [2.45, 2.75) is 51.9 Å². The summed E-state index contributed by atoms with van der Waals surface area (Å²) in [5.74, 6) is -0.545. The minimum absolute atomic E-state index is 0.0559. The summed E-state index contributed by atoms with van der Waals surface area (Å²) in [5.41, 5.74) is 2.34. The van der Waals surface area contributed by atoms with Crippen LogP contribution in [0.15, 0.2) is 66.2 Å². The van der Waals surface area contributed by atoms with Gasteiger partial charge in [-0.3, -0.25) is 0 Å². The van der Waals surface area contributed by atoms with E-state index in [1.54, 1.807) is 0 Å². The van der Waals surface area contributed by atoms with Crippen molar-refractivity contribution >= 4 is 11.5 Å². The van der Waals surface area contributed by atoms with Gasteiger partial charge in [-0.15, -0.1) is 0 Å². The smallest absolute Gasteiger partial charge is 0.349 e. The number of hydrogen-bond acceptors (Lipinski definition) is 3. The normalized spacial score (nSPS) is 10.1. The van der Waals surface area contributed by atoms with E-state index in [1.807, 2.05) is 60.7 Å². The second kappa shape index (κ2) is 12.5. The van der Waals surface area contributed by atoms with Gasteiger partial charge in [0.15, 0.2) is 0 Å². The molecule has 3 heteroatoms. The van der Waals surface area contributed by atoms with Crippen LogP contribution in [-0.4, -0.2) is 12.6 Å². The fourth-order valence-electron chi connectivity index (χ4n) is 3.16. The zero-order chi connectivity index (χ0) is 20.0. The number of unbranched alkanes of at least 4 members (excludes halogenated alkanes) is 6. The minimum atomic E-state index is -0.545. The molecule has 0 saturated heterocycles. The van der Waals surface area contributed by atoms with Gasteiger partial charge in [-0.1, -0.05) is 106 Å². The summed E-state index contributed by atoms with van der Waals surface area (Å²) in [4.78, 5) is 12.6. The maximum Gasteiger partial charge on any atom is 0.349 e. The van der Waals surface area contributed by atoms with E-state index >= 15 is 0 Å². The maximum absolute atomic E-state index is 12.6. The number of hydrogen-bond donors (Lipinski definition) is 0. The van der Waals surface area contributed by atoms with Crippen LogP contribution >= 0.6 is 0 Å². The van der Waals surface area contributed by atoms with Crippen molar-refractivity contribution in [2.75, 3.05) is 6.61 Å². The van der Waals surface area contributed by atoms with Crippen molar-refractivity contribution in [1.29, 1.82) is 5.26 Å². The van der Waals surface area contributed by atoms with Gasteiger partial charge in [0, 0.05) is 5.57 Å². The van der Waals surface area contributed by atoms with Gasteiger partial charge in [-0.25, -0.2) is 4.79 Å². The molecular formula is C25H29NO2. The lowest BCUT2D eigenvalue weighted by atomic mass is 9.93. The summed E-state index contributed by atoms with van der Waals surface area (Å²) in [5, 5.41) is 9.70. The van der Waals surface area contributed by atoms with Gasteiger partial charge in [-0.05, 0) is 17.5 Å². The molecule has 0 N–H and O–H groups in total. The van der Waals surface area contributed by atoms with Gasteiger partial charge in [-0.2, -0.15) is 5.26 Å². The van der Waals surface area contributed by atoms with Gasteiger partial charge in [0.2, 0.25) is 0 Å². The van der Waals surface area contributed by atoms with Crippen LogP contribution in [0.1, 0.15) is 63.0 Å². The Labute approximate surface area is 168 Å². The van der Waals surface area contributed by atoms with Crippen LogP contribution in [0.2, 0.25) is 0 Å². The molecule has 0 aliphatic carbocycles. The third-order valence-electron chi connectivity index (χ3n) is 4.67. The highest BCUT2D eigenvalue weighted by Gasteiger charge is 2.19. The quantitative estimate of drug-likeness (QED) is 0.200. The predicted octanol–water partition coefficient (Wildman–Crippen LogP) is 6.31. The molecule has 2 rings (SSSR count). The van der Waals surface area contributed by atoms with Gasteiger partial charge >= 0.3 is 5.97 Å². The summed E-state index contributed by atoms with van der Waals surface area (Å²) in [7, 11) is 0. The number of carbonyl (C=O) groups excluding carboxylic acids is 1. The Bertz CT molecular complexity index is 747. The lowest BCUT2D eigenvalue weighted by molar-refractivity contribution is -0.138. The number of rotatable bonds is 11. The van der Waals surface area contributed by atoms with Crippen LogP contribution < -0.4 is 0 Å². The summed E-state index contributed by atoms with van der Waals surface area (Å²) < 4.78 is 5.43. The van der Waals surface area contributed by atoms with Crippen LogP contribution in [0.4, 0.5) is 0 Å². The fourth-order valence-corrected chi connectivity index (χ4v) is 3.16. The van der Waals surface area contributed by atoms with E-state index < -0.39 is 5.97 Å². The Morgan fingerprint density at radius 2 is 1.32 bits per heavy atom. The van der Waals surface area contributed by atoms with Crippen LogP contribution in [-0.2, 0) is 9.53 Å². The van der Waals surface area contributed by atoms with Gasteiger partial charge in [0.25, 0.3) is 0 Å². The molecule has 3 nitrogen and oxygen atoms in total. The molecule has 2 aromatic carbocycles. The summed E-state index contributed by atoms with van der Waals surface area (Å²) >= 11 is 0. The number of nitriles is 1. The van der Waals surface area contributed by atoms with E-state index in [0.29, 0.717) is 12.2 Å². The monoisotopic (exact) mass is 375 g/mol. The fraction of sp³-hybridized carbons (Fsp3) is 0.360. The molecule has 0 aliphatic heterocycles. The molecule has 0 radical (unpaired) electrons. The summed E-state index contributed by atoms with van der Waals surface area (Å²) in [6.45, 7) is 2.56. The minimum Gasteiger partial charge on any atom is -0.462 e. The lowest BCUT2D eigenvalue weighted by Gasteiger charge is -2.12. The van der Waals surface area contributed by atoms with Crippen molar-refractivity contribution in [1.82, 2.24) is 0 Å². The molecule has 0 saturated carbocycles. The van der Waals surface area contributed by atoms with Crippen LogP contribution in [0.5, 0.6) is 0 Å². The predicted molar refractivity (Wildman–Crippen MR) is 113 cm³/mol. The highest BCUT2D eigenvalue weighted by Crippen LogP contribution is 2.27. The van der Waals surface area contributed by atoms with Crippen LogP contribution in [0.25, 0.3) is 5.57 Å². The Balaban J connectivity index is 2.06. The third kappa shape index (κ3) is 6.70. The standard InChI is InChI=1S/C25H29NO2/c1-2-3-4-5-6-7-14-19-28-25(27)23(20-26)24(21-15-10-8-11-16-21)22-17-12-9-13-18-22/h8-13,15-18H,2-7,14,19H2,1H3. The molecule has 2 aromatic rings. The summed E-state index contributed by atoms with van der Waals surface area (Å²) in [6, 6.07) is 21.1. The van der Waals surface area contributed by atoms with E-state index in [-0.39, 0.29) is 5.57 Å². The van der Waals surface area contributed by atoms with Crippen molar-refractivity contribution in [3.8, 4) is 6.07 Å². The van der Waals surface area contributed by atoms with Gasteiger partial charge in [0.1, 0.15) is 11.6 Å². The van der Waals surface area contributed by atoms with Gasteiger partial charge < -0.3 is 4.74 Å². The second-order valence-electron chi connectivity index (χ2n) is 6.85. The number of ether oxygens (including phenoxy) is 1. The van der Waals surface area contributed by atoms with Crippen LogP contribution in [0.3, 0.4) is 0 Å². The largest absolute Gasteiger partial charge is 0.462 e. The molecule has 0 heterocycles. The van der Waals surface area contributed by atoms with Crippen molar-refractivity contribution in [3.05, 3.63) is 77.4 Å².